The topological polar surface area (TPSA) is 64.7 Å². The van der Waals surface area contributed by atoms with Gasteiger partial charge in [-0.25, -0.2) is 9.79 Å². The Hall–Kier alpha value is -4.51. The second kappa shape index (κ2) is 8.70. The van der Waals surface area contributed by atoms with Gasteiger partial charge >= 0.3 is 5.97 Å². The van der Waals surface area contributed by atoms with Gasteiger partial charge in [-0.1, -0.05) is 42.5 Å². The fourth-order valence-corrected chi connectivity index (χ4v) is 3.34. The van der Waals surface area contributed by atoms with Crippen molar-refractivity contribution in [1.82, 2.24) is 4.98 Å². The lowest BCUT2D eigenvalue weighted by atomic mass is 10.1. The van der Waals surface area contributed by atoms with Gasteiger partial charge in [0.25, 0.3) is 0 Å². The molecule has 5 rings (SSSR count). The Morgan fingerprint density at radius 3 is 2.31 bits per heavy atom. The van der Waals surface area contributed by atoms with Crippen LogP contribution in [0.2, 0.25) is 0 Å². The third-order valence-electron chi connectivity index (χ3n) is 4.92. The predicted octanol–water partition coefficient (Wildman–Crippen LogP) is 5.95. The van der Waals surface area contributed by atoms with E-state index in [1.807, 2.05) is 72.8 Å². The van der Waals surface area contributed by atoms with E-state index in [1.54, 1.807) is 36.7 Å². The highest BCUT2D eigenvalue weighted by atomic mass is 16.5. The van der Waals surface area contributed by atoms with Gasteiger partial charge in [0.1, 0.15) is 17.1 Å². The first-order valence-electron chi connectivity index (χ1n) is 10.1. The van der Waals surface area contributed by atoms with E-state index in [9.17, 15) is 4.79 Å². The van der Waals surface area contributed by atoms with Gasteiger partial charge in [0.2, 0.25) is 0 Å². The summed E-state index contributed by atoms with van der Waals surface area (Å²) in [4.78, 5) is 21.0. The van der Waals surface area contributed by atoms with E-state index in [1.165, 1.54) is 0 Å². The average Bonchev–Trinajstić information content (AvgIpc) is 2.86. The van der Waals surface area contributed by atoms with Crippen LogP contribution in [-0.2, 0) is 0 Å². The third-order valence-corrected chi connectivity index (χ3v) is 4.92. The molecular weight excluding hydrogens is 400 g/mol. The Balaban J connectivity index is 1.49. The number of carbonyl (C=O) groups is 1. The summed E-state index contributed by atoms with van der Waals surface area (Å²) in [6, 6.07) is 30.0. The Kier molecular flexibility index (Phi) is 5.29. The van der Waals surface area contributed by atoms with E-state index in [4.69, 9.17) is 14.1 Å². The number of hydrogen-bond acceptors (Lipinski definition) is 5. The Bertz CT molecular complexity index is 1440. The summed E-state index contributed by atoms with van der Waals surface area (Å²) >= 11 is 0. The van der Waals surface area contributed by atoms with Crippen molar-refractivity contribution in [2.45, 2.75) is 0 Å². The molecule has 0 fully saturated rings. The van der Waals surface area contributed by atoms with Crippen molar-refractivity contribution in [1.29, 1.82) is 0 Å². The molecule has 32 heavy (non-hydrogen) atoms. The molecule has 0 atom stereocenters. The van der Waals surface area contributed by atoms with Crippen LogP contribution in [0.3, 0.4) is 0 Å². The fraction of sp³-hybridized carbons (Fsp3) is 0. The number of nitrogens with zero attached hydrogens (tertiary/aromatic N) is 2. The quantitative estimate of drug-likeness (QED) is 0.267. The number of pyridine rings is 1. The highest BCUT2D eigenvalue weighted by Gasteiger charge is 2.08. The molecule has 0 unspecified atom stereocenters. The van der Waals surface area contributed by atoms with Crippen LogP contribution in [0.15, 0.2) is 119 Å². The normalized spacial score (nSPS) is 11.4. The lowest BCUT2D eigenvalue weighted by Gasteiger charge is -2.06. The van der Waals surface area contributed by atoms with Gasteiger partial charge in [0.05, 0.1) is 16.6 Å². The number of aromatic nitrogens is 1. The van der Waals surface area contributed by atoms with Crippen molar-refractivity contribution in [2.24, 2.45) is 4.99 Å². The maximum absolute atomic E-state index is 12.2. The molecule has 154 valence electrons. The van der Waals surface area contributed by atoms with Crippen LogP contribution in [0.4, 0.5) is 5.69 Å². The van der Waals surface area contributed by atoms with Crippen LogP contribution in [0.1, 0.15) is 10.4 Å². The maximum atomic E-state index is 12.2. The van der Waals surface area contributed by atoms with E-state index in [-0.39, 0.29) is 0 Å². The largest absolute Gasteiger partial charge is 0.456 e. The van der Waals surface area contributed by atoms with Gasteiger partial charge in [0, 0.05) is 29.4 Å². The highest BCUT2D eigenvalue weighted by molar-refractivity contribution is 5.90. The molecule has 0 aliphatic heterocycles. The third kappa shape index (κ3) is 4.18. The van der Waals surface area contributed by atoms with Gasteiger partial charge in [0.15, 0.2) is 0 Å². The number of esters is 1. The number of ether oxygens (including phenoxy) is 1. The summed E-state index contributed by atoms with van der Waals surface area (Å²) in [5.74, 6) is 0.759. The van der Waals surface area contributed by atoms with Crippen molar-refractivity contribution < 1.29 is 13.9 Å². The first kappa shape index (κ1) is 19.5. The molecule has 0 saturated carbocycles. The highest BCUT2D eigenvalue weighted by Crippen LogP contribution is 2.23. The van der Waals surface area contributed by atoms with Crippen LogP contribution >= 0.6 is 0 Å². The van der Waals surface area contributed by atoms with E-state index in [2.05, 4.69) is 4.98 Å². The Labute approximate surface area is 184 Å². The lowest BCUT2D eigenvalue weighted by molar-refractivity contribution is 0.0734. The monoisotopic (exact) mass is 418 g/mol. The number of rotatable bonds is 4. The molecule has 0 radical (unpaired) electrons. The van der Waals surface area contributed by atoms with Crippen LogP contribution in [0.5, 0.6) is 5.75 Å². The molecule has 0 bridgehead atoms. The second-order valence-electron chi connectivity index (χ2n) is 7.09. The SMILES string of the molecule is O=C(Oc1ccc(N=c2cc(-c3ccccc3)oc3ccccc23)cc1)c1ccncc1. The van der Waals surface area contributed by atoms with Gasteiger partial charge in [-0.05, 0) is 48.5 Å². The zero-order chi connectivity index (χ0) is 21.8. The van der Waals surface area contributed by atoms with E-state index in [0.717, 1.165) is 33.3 Å². The standard InChI is InChI=1S/C27H18N2O3/c30-27(20-14-16-28-17-15-20)31-22-12-10-21(11-13-22)29-24-18-26(19-6-2-1-3-7-19)32-25-9-5-4-8-23(24)25/h1-18H. The summed E-state index contributed by atoms with van der Waals surface area (Å²) in [6.45, 7) is 0. The number of carbonyl (C=O) groups excluding carboxylic acids is 1. The minimum atomic E-state index is -0.430. The molecule has 0 N–H and O–H groups in total. The first-order chi connectivity index (χ1) is 15.8. The molecular formula is C27H18N2O3. The molecule has 5 nitrogen and oxygen atoms in total. The van der Waals surface area contributed by atoms with E-state index < -0.39 is 5.97 Å². The van der Waals surface area contributed by atoms with Crippen LogP contribution in [0, 0.1) is 0 Å². The molecule has 5 heteroatoms. The van der Waals surface area contributed by atoms with Gasteiger partial charge in [-0.15, -0.1) is 0 Å². The molecule has 0 amide bonds. The molecule has 0 aliphatic carbocycles. The Morgan fingerprint density at radius 1 is 0.812 bits per heavy atom. The van der Waals surface area contributed by atoms with Crippen molar-refractivity contribution in [3.8, 4) is 17.1 Å². The number of para-hydroxylation sites is 1. The van der Waals surface area contributed by atoms with E-state index in [0.29, 0.717) is 11.3 Å². The number of fused-ring (bicyclic) bond motifs is 1. The zero-order valence-electron chi connectivity index (χ0n) is 17.0. The lowest BCUT2D eigenvalue weighted by Crippen LogP contribution is -2.08. The van der Waals surface area contributed by atoms with Crippen molar-refractivity contribution >= 4 is 22.6 Å². The summed E-state index contributed by atoms with van der Waals surface area (Å²) in [5.41, 5.74) is 2.93. The van der Waals surface area contributed by atoms with Gasteiger partial charge < -0.3 is 9.15 Å². The number of hydrogen-bond donors (Lipinski definition) is 0. The molecule has 5 aromatic rings. The van der Waals surface area contributed by atoms with Crippen LogP contribution in [0.25, 0.3) is 22.3 Å². The molecule has 0 aliphatic rings. The minimum absolute atomic E-state index is 0.430. The van der Waals surface area contributed by atoms with Gasteiger partial charge in [-0.2, -0.15) is 0 Å². The number of benzene rings is 3. The van der Waals surface area contributed by atoms with E-state index >= 15 is 0 Å². The maximum Gasteiger partial charge on any atom is 0.343 e. The van der Waals surface area contributed by atoms with Crippen molar-refractivity contribution in [2.75, 3.05) is 0 Å². The minimum Gasteiger partial charge on any atom is -0.456 e. The van der Waals surface area contributed by atoms with Crippen LogP contribution in [-0.4, -0.2) is 11.0 Å². The summed E-state index contributed by atoms with van der Waals surface area (Å²) in [6.07, 6.45) is 3.11. The average molecular weight is 418 g/mol. The smallest absolute Gasteiger partial charge is 0.343 e. The summed E-state index contributed by atoms with van der Waals surface area (Å²) < 4.78 is 11.5. The molecule has 3 aromatic carbocycles. The van der Waals surface area contributed by atoms with Gasteiger partial charge in [-0.3, -0.25) is 4.98 Å². The summed E-state index contributed by atoms with van der Waals surface area (Å²) in [7, 11) is 0. The fourth-order valence-electron chi connectivity index (χ4n) is 3.34. The molecule has 0 saturated heterocycles. The van der Waals surface area contributed by atoms with Crippen molar-refractivity contribution in [3.05, 3.63) is 120 Å². The molecule has 2 heterocycles. The van der Waals surface area contributed by atoms with Crippen LogP contribution < -0.4 is 10.1 Å². The summed E-state index contributed by atoms with van der Waals surface area (Å²) in [5, 5.41) is 1.72. The zero-order valence-corrected chi connectivity index (χ0v) is 17.0. The molecule has 2 aromatic heterocycles. The predicted molar refractivity (Wildman–Crippen MR) is 123 cm³/mol. The first-order valence-corrected chi connectivity index (χ1v) is 10.1. The second-order valence-corrected chi connectivity index (χ2v) is 7.09. The molecule has 0 spiro atoms. The van der Waals surface area contributed by atoms with Crippen molar-refractivity contribution in [3.63, 3.8) is 0 Å². The Morgan fingerprint density at radius 2 is 1.53 bits per heavy atom.